The van der Waals surface area contributed by atoms with Gasteiger partial charge < -0.3 is 0 Å². The Labute approximate surface area is 87.1 Å². The summed E-state index contributed by atoms with van der Waals surface area (Å²) in [5.41, 5.74) is 0. The summed E-state index contributed by atoms with van der Waals surface area (Å²) < 4.78 is 9.56. The van der Waals surface area contributed by atoms with Gasteiger partial charge in [0.05, 0.1) is 0 Å². The van der Waals surface area contributed by atoms with Crippen molar-refractivity contribution in [3.63, 3.8) is 0 Å². The zero-order valence-corrected chi connectivity index (χ0v) is 12.8. The van der Waals surface area contributed by atoms with Crippen molar-refractivity contribution in [1.82, 2.24) is 14.4 Å². The molecule has 80 valence electrons. The Balaban J connectivity index is 5.06. The Morgan fingerprint density at radius 1 is 0.462 bits per heavy atom. The van der Waals surface area contributed by atoms with E-state index < -0.39 is 16.0 Å². The van der Waals surface area contributed by atoms with Gasteiger partial charge in [0.1, 0.15) is 0 Å². The Morgan fingerprint density at radius 2 is 0.615 bits per heavy atom. The molecule has 0 N–H and O–H groups in total. The monoisotopic (exact) mass is 245 g/mol. The minimum atomic E-state index is -2.51. The van der Waals surface area contributed by atoms with Crippen LogP contribution in [-0.4, -0.2) is 86.8 Å². The van der Waals surface area contributed by atoms with Gasteiger partial charge in [0.25, 0.3) is 0 Å². The molecule has 5 heteroatoms. The van der Waals surface area contributed by atoms with Crippen LogP contribution in [0.25, 0.3) is 0 Å². The fourth-order valence-corrected chi connectivity index (χ4v) is 14.4. The van der Waals surface area contributed by atoms with Gasteiger partial charge >= 0.3 is 86.8 Å². The summed E-state index contributed by atoms with van der Waals surface area (Å²) >= 11 is -2.51. The van der Waals surface area contributed by atoms with Gasteiger partial charge in [-0.2, -0.15) is 0 Å². The second kappa shape index (κ2) is 4.81. The Bertz CT molecular complexity index is 119. The summed E-state index contributed by atoms with van der Waals surface area (Å²) in [7, 11) is 17.4. The zero-order valence-electron chi connectivity index (χ0n) is 10.4. The van der Waals surface area contributed by atoms with Crippen LogP contribution in [0.2, 0.25) is 0 Å². The minimum absolute atomic E-state index is 2.17. The molecule has 0 atom stereocenters. The molecule has 0 aliphatic heterocycles. The summed E-state index contributed by atoms with van der Waals surface area (Å²) in [4.78, 5) is 0. The Kier molecular flexibility index (Phi) is 4.99. The predicted molar refractivity (Wildman–Crippen MR) is 60.5 cm³/mol. The topological polar surface area (TPSA) is 13.0 Å². The average molecular weight is 246 g/mol. The molecule has 0 amide bonds. The van der Waals surface area contributed by atoms with Crippen molar-refractivity contribution in [3.05, 3.63) is 0 Å². The first kappa shape index (κ1) is 13.5. The van der Waals surface area contributed by atoms with Crippen LogP contribution in [0.1, 0.15) is 0 Å². The molecule has 0 spiro atoms. The van der Waals surface area contributed by atoms with Gasteiger partial charge in [-0.3, -0.25) is 0 Å². The van der Waals surface area contributed by atoms with E-state index in [0.717, 1.165) is 0 Å². The van der Waals surface area contributed by atoms with Gasteiger partial charge in [-0.05, 0) is 0 Å². The molecule has 0 heterocycles. The molecule has 0 unspecified atom stereocenters. The quantitative estimate of drug-likeness (QED) is 0.629. The van der Waals surface area contributed by atoms with Crippen LogP contribution in [0, 0.1) is 0 Å². The van der Waals surface area contributed by atoms with Gasteiger partial charge in [-0.25, -0.2) is 0 Å². The SMILES string of the molecule is C[N](C)[Ga-]([N](C)C)([N](C)C)[N](C)C. The van der Waals surface area contributed by atoms with E-state index in [1.165, 1.54) is 0 Å². The molecule has 0 bridgehead atoms. The summed E-state index contributed by atoms with van der Waals surface area (Å²) in [5, 5.41) is 0. The van der Waals surface area contributed by atoms with Gasteiger partial charge in [0.2, 0.25) is 0 Å². The third kappa shape index (κ3) is 2.29. The molecule has 0 aromatic carbocycles. The third-order valence-corrected chi connectivity index (χ3v) is 14.4. The van der Waals surface area contributed by atoms with E-state index in [0.29, 0.717) is 0 Å². The van der Waals surface area contributed by atoms with Crippen LogP contribution < -0.4 is 0 Å². The van der Waals surface area contributed by atoms with Crippen LogP contribution >= 0.6 is 0 Å². The van der Waals surface area contributed by atoms with Gasteiger partial charge in [-0.1, -0.05) is 0 Å². The first-order chi connectivity index (χ1) is 5.77. The van der Waals surface area contributed by atoms with Crippen LogP contribution in [-0.2, 0) is 0 Å². The van der Waals surface area contributed by atoms with Crippen molar-refractivity contribution in [1.29, 1.82) is 0 Å². The van der Waals surface area contributed by atoms with E-state index in [2.05, 4.69) is 70.8 Å². The van der Waals surface area contributed by atoms with E-state index in [4.69, 9.17) is 0 Å². The van der Waals surface area contributed by atoms with E-state index in [1.54, 1.807) is 0 Å². The first-order valence-corrected chi connectivity index (χ1v) is 8.94. The molecule has 4 nitrogen and oxygen atoms in total. The number of hydrogen-bond acceptors (Lipinski definition) is 4. The predicted octanol–water partition coefficient (Wildman–Crippen LogP) is -0.332. The van der Waals surface area contributed by atoms with Crippen LogP contribution in [0.4, 0.5) is 0 Å². The summed E-state index contributed by atoms with van der Waals surface area (Å²) in [6.07, 6.45) is 0. The maximum absolute atomic E-state index is 2.51. The fraction of sp³-hybridized carbons (Fsp3) is 1.00. The maximum atomic E-state index is 2.39. The van der Waals surface area contributed by atoms with Gasteiger partial charge in [-0.15, -0.1) is 0 Å². The molecule has 0 aromatic heterocycles. The summed E-state index contributed by atoms with van der Waals surface area (Å²) in [6.45, 7) is 0. The van der Waals surface area contributed by atoms with Gasteiger partial charge in [0, 0.05) is 0 Å². The Hall–Kier alpha value is 0.476. The van der Waals surface area contributed by atoms with Crippen LogP contribution in [0.3, 0.4) is 0 Å². The molecule has 13 heavy (non-hydrogen) atoms. The van der Waals surface area contributed by atoms with Crippen LogP contribution in [0.5, 0.6) is 0 Å². The standard InChI is InChI=1S/4C2H6N.Ga/c4*1-3-2;/h4*1-2H3;/q4*-1;+3. The van der Waals surface area contributed by atoms with Crippen molar-refractivity contribution in [2.45, 2.75) is 0 Å². The van der Waals surface area contributed by atoms with Gasteiger partial charge in [0.15, 0.2) is 0 Å². The summed E-state index contributed by atoms with van der Waals surface area (Å²) in [5.74, 6) is 0. The second-order valence-electron chi connectivity index (χ2n) is 4.55. The number of rotatable bonds is 4. The van der Waals surface area contributed by atoms with Crippen LogP contribution in [0.15, 0.2) is 0 Å². The van der Waals surface area contributed by atoms with E-state index >= 15 is 0 Å². The number of nitrogens with zero attached hydrogens (tertiary/aromatic N) is 4. The average Bonchev–Trinajstić information content (AvgIpc) is 1.82. The molecule has 0 radical (unpaired) electrons. The first-order valence-electron chi connectivity index (χ1n) is 4.61. The normalized spacial score (nSPS) is 13.8. The Morgan fingerprint density at radius 3 is 0.615 bits per heavy atom. The van der Waals surface area contributed by atoms with Crippen molar-refractivity contribution < 1.29 is 0 Å². The molecule has 0 fully saturated rings. The molecule has 0 saturated carbocycles. The van der Waals surface area contributed by atoms with E-state index in [1.807, 2.05) is 0 Å². The van der Waals surface area contributed by atoms with Crippen molar-refractivity contribution in [2.24, 2.45) is 0 Å². The zero-order chi connectivity index (χ0) is 10.8. The second-order valence-corrected chi connectivity index (χ2v) is 16.1. The molecule has 0 aliphatic carbocycles. The van der Waals surface area contributed by atoms with E-state index in [-0.39, 0.29) is 0 Å². The van der Waals surface area contributed by atoms with E-state index in [9.17, 15) is 0 Å². The molecular weight excluding hydrogens is 222 g/mol. The van der Waals surface area contributed by atoms with Crippen molar-refractivity contribution in [3.8, 4) is 0 Å². The molecule has 0 saturated heterocycles. The fourth-order valence-electron chi connectivity index (χ4n) is 2.77. The molecule has 0 aromatic rings. The molecule has 0 rings (SSSR count). The van der Waals surface area contributed by atoms with Crippen molar-refractivity contribution >= 4 is 16.0 Å². The third-order valence-electron chi connectivity index (χ3n) is 2.77. The molecular formula is C8H24GaN4-. The molecule has 0 aliphatic rings. The summed E-state index contributed by atoms with van der Waals surface area (Å²) in [6, 6.07) is 0. The van der Waals surface area contributed by atoms with Crippen molar-refractivity contribution in [2.75, 3.05) is 56.4 Å². The number of hydrogen-bond donors (Lipinski definition) is 0.